The zero-order valence-electron chi connectivity index (χ0n) is 14.4. The average molecular weight is 310 g/mol. The van der Waals surface area contributed by atoms with E-state index in [4.69, 9.17) is 9.47 Å². The molecular weight excluding hydrogens is 280 g/mol. The third kappa shape index (κ3) is 10.3. The summed E-state index contributed by atoms with van der Waals surface area (Å²) in [6.45, 7) is 7.80. The van der Waals surface area contributed by atoms with Gasteiger partial charge in [-0.1, -0.05) is 46.0 Å². The Hall–Kier alpha value is -1.50. The zero-order valence-corrected chi connectivity index (χ0v) is 14.4. The maximum Gasteiger partial charge on any atom is 0.307 e. The van der Waals surface area contributed by atoms with Gasteiger partial charge in [-0.2, -0.15) is 0 Å². The lowest BCUT2D eigenvalue weighted by atomic mass is 10.1. The van der Waals surface area contributed by atoms with Crippen LogP contribution in [-0.2, 0) is 19.1 Å². The summed E-state index contributed by atoms with van der Waals surface area (Å²) in [7, 11) is 0. The fourth-order valence-electron chi connectivity index (χ4n) is 2.06. The van der Waals surface area contributed by atoms with Gasteiger partial charge in [0.25, 0.3) is 0 Å². The normalized spacial score (nSPS) is 12.7. The molecule has 0 heterocycles. The van der Waals surface area contributed by atoms with E-state index in [1.54, 1.807) is 6.92 Å². The van der Waals surface area contributed by atoms with Crippen LogP contribution < -0.4 is 0 Å². The number of ether oxygens (including phenoxy) is 2. The van der Waals surface area contributed by atoms with Gasteiger partial charge in [0.15, 0.2) is 6.10 Å². The molecule has 0 aromatic carbocycles. The van der Waals surface area contributed by atoms with Gasteiger partial charge in [-0.3, -0.25) is 9.59 Å². The van der Waals surface area contributed by atoms with Crippen molar-refractivity contribution >= 4 is 11.9 Å². The molecule has 0 rings (SSSR count). The van der Waals surface area contributed by atoms with Crippen molar-refractivity contribution < 1.29 is 19.1 Å². The molecule has 0 amide bonds. The molecule has 0 saturated heterocycles. The van der Waals surface area contributed by atoms with Crippen LogP contribution in [0.25, 0.3) is 0 Å². The average Bonchev–Trinajstić information content (AvgIpc) is 2.50. The molecule has 0 spiro atoms. The van der Waals surface area contributed by atoms with Crippen LogP contribution in [-0.4, -0.2) is 24.1 Å². The molecule has 4 nitrogen and oxygen atoms in total. The standard InChI is InChI=1S/C18H30O4/c1-5-9-12-16(11-7-3)22-18(20)14-13-17(19)21-15(8-4)10-6-2/h15-16H,5,7-9,11-14H2,1-4H3. The number of carbonyl (C=O) groups is 2. The van der Waals surface area contributed by atoms with Gasteiger partial charge in [-0.15, -0.1) is 5.92 Å². The second-order valence-corrected chi connectivity index (χ2v) is 5.32. The first kappa shape index (κ1) is 20.5. The monoisotopic (exact) mass is 310 g/mol. The minimum absolute atomic E-state index is 0.0252. The van der Waals surface area contributed by atoms with E-state index in [0.29, 0.717) is 6.42 Å². The first-order chi connectivity index (χ1) is 10.6. The van der Waals surface area contributed by atoms with Gasteiger partial charge in [0, 0.05) is 0 Å². The van der Waals surface area contributed by atoms with E-state index in [0.717, 1.165) is 32.1 Å². The Bertz CT molecular complexity index is 378. The van der Waals surface area contributed by atoms with Crippen molar-refractivity contribution in [1.29, 1.82) is 0 Å². The molecule has 2 atom stereocenters. The summed E-state index contributed by atoms with van der Waals surface area (Å²) < 4.78 is 10.6. The Morgan fingerprint density at radius 1 is 0.955 bits per heavy atom. The van der Waals surface area contributed by atoms with E-state index in [1.165, 1.54) is 0 Å². The molecule has 0 aromatic heterocycles. The summed E-state index contributed by atoms with van der Waals surface area (Å²) in [5.74, 6) is 4.83. The van der Waals surface area contributed by atoms with Gasteiger partial charge in [0.1, 0.15) is 6.10 Å². The molecule has 0 aliphatic heterocycles. The van der Waals surface area contributed by atoms with Crippen LogP contribution in [0.15, 0.2) is 0 Å². The summed E-state index contributed by atoms with van der Waals surface area (Å²) in [6, 6.07) is 0. The van der Waals surface area contributed by atoms with Crippen LogP contribution in [0, 0.1) is 11.8 Å². The van der Waals surface area contributed by atoms with Gasteiger partial charge < -0.3 is 9.47 Å². The highest BCUT2D eigenvalue weighted by Gasteiger charge is 2.16. The summed E-state index contributed by atoms with van der Waals surface area (Å²) in [6.07, 6.45) is 5.24. The predicted octanol–water partition coefficient (Wildman–Crippen LogP) is 4.01. The Labute approximate surface area is 134 Å². The summed E-state index contributed by atoms with van der Waals surface area (Å²) in [5.41, 5.74) is 0. The molecule has 0 fully saturated rings. The Balaban J connectivity index is 4.12. The predicted molar refractivity (Wildman–Crippen MR) is 87.2 cm³/mol. The maximum absolute atomic E-state index is 11.8. The Morgan fingerprint density at radius 3 is 2.09 bits per heavy atom. The largest absolute Gasteiger partial charge is 0.462 e. The fraction of sp³-hybridized carbons (Fsp3) is 0.778. The molecular formula is C18H30O4. The van der Waals surface area contributed by atoms with Gasteiger partial charge in [-0.25, -0.2) is 0 Å². The quantitative estimate of drug-likeness (QED) is 0.427. The van der Waals surface area contributed by atoms with Crippen molar-refractivity contribution in [3.8, 4) is 11.8 Å². The number of unbranched alkanes of at least 4 members (excludes halogenated alkanes) is 1. The van der Waals surface area contributed by atoms with Crippen LogP contribution in [0.1, 0.15) is 79.1 Å². The third-order valence-electron chi connectivity index (χ3n) is 3.27. The van der Waals surface area contributed by atoms with E-state index in [1.807, 2.05) is 6.92 Å². The van der Waals surface area contributed by atoms with Crippen LogP contribution in [0.4, 0.5) is 0 Å². The van der Waals surface area contributed by atoms with Crippen molar-refractivity contribution in [2.24, 2.45) is 0 Å². The highest BCUT2D eigenvalue weighted by atomic mass is 16.5. The Morgan fingerprint density at radius 2 is 1.59 bits per heavy atom. The first-order valence-corrected chi connectivity index (χ1v) is 8.38. The van der Waals surface area contributed by atoms with Crippen LogP contribution in [0.5, 0.6) is 0 Å². The highest BCUT2D eigenvalue weighted by molar-refractivity contribution is 5.77. The molecule has 0 saturated carbocycles. The van der Waals surface area contributed by atoms with Crippen molar-refractivity contribution in [2.75, 3.05) is 0 Å². The van der Waals surface area contributed by atoms with E-state index in [-0.39, 0.29) is 31.0 Å². The molecule has 126 valence electrons. The van der Waals surface area contributed by atoms with E-state index < -0.39 is 5.97 Å². The lowest BCUT2D eigenvalue weighted by Crippen LogP contribution is -2.20. The van der Waals surface area contributed by atoms with Crippen LogP contribution in [0.2, 0.25) is 0 Å². The minimum atomic E-state index is -0.396. The number of rotatable bonds is 11. The molecule has 2 unspecified atom stereocenters. The third-order valence-corrected chi connectivity index (χ3v) is 3.27. The molecule has 0 N–H and O–H groups in total. The number of hydrogen-bond donors (Lipinski definition) is 0. The minimum Gasteiger partial charge on any atom is -0.462 e. The summed E-state index contributed by atoms with van der Waals surface area (Å²) >= 11 is 0. The van der Waals surface area contributed by atoms with Gasteiger partial charge in [0.2, 0.25) is 0 Å². The second-order valence-electron chi connectivity index (χ2n) is 5.32. The zero-order chi connectivity index (χ0) is 16.8. The lowest BCUT2D eigenvalue weighted by Gasteiger charge is -2.17. The summed E-state index contributed by atoms with van der Waals surface area (Å²) in [4.78, 5) is 23.5. The SMILES string of the molecule is CC#CC(CC)OC(=O)CCC(=O)OC(CCC)CCCC. The van der Waals surface area contributed by atoms with Crippen LogP contribution >= 0.6 is 0 Å². The maximum atomic E-state index is 11.8. The highest BCUT2D eigenvalue weighted by Crippen LogP contribution is 2.13. The number of carbonyl (C=O) groups excluding carboxylic acids is 2. The second kappa shape index (κ2) is 13.2. The van der Waals surface area contributed by atoms with Gasteiger partial charge >= 0.3 is 11.9 Å². The first-order valence-electron chi connectivity index (χ1n) is 8.38. The van der Waals surface area contributed by atoms with Gasteiger partial charge in [-0.05, 0) is 26.2 Å². The van der Waals surface area contributed by atoms with Crippen molar-refractivity contribution in [2.45, 2.75) is 91.3 Å². The van der Waals surface area contributed by atoms with E-state index in [9.17, 15) is 9.59 Å². The Kier molecular flexibility index (Phi) is 12.3. The summed E-state index contributed by atoms with van der Waals surface area (Å²) in [5, 5.41) is 0. The van der Waals surface area contributed by atoms with E-state index in [2.05, 4.69) is 25.7 Å². The van der Waals surface area contributed by atoms with Crippen molar-refractivity contribution in [1.82, 2.24) is 0 Å². The van der Waals surface area contributed by atoms with Crippen LogP contribution in [0.3, 0.4) is 0 Å². The molecule has 4 heteroatoms. The van der Waals surface area contributed by atoms with Crippen molar-refractivity contribution in [3.05, 3.63) is 0 Å². The fourth-order valence-corrected chi connectivity index (χ4v) is 2.06. The molecule has 0 aliphatic rings. The molecule has 0 bridgehead atoms. The smallest absolute Gasteiger partial charge is 0.307 e. The van der Waals surface area contributed by atoms with Gasteiger partial charge in [0.05, 0.1) is 12.8 Å². The molecule has 0 aromatic rings. The number of hydrogen-bond acceptors (Lipinski definition) is 4. The van der Waals surface area contributed by atoms with Crippen molar-refractivity contribution in [3.63, 3.8) is 0 Å². The lowest BCUT2D eigenvalue weighted by molar-refractivity contribution is -0.155. The topological polar surface area (TPSA) is 52.6 Å². The molecule has 22 heavy (non-hydrogen) atoms. The number of esters is 2. The molecule has 0 radical (unpaired) electrons. The van der Waals surface area contributed by atoms with E-state index >= 15 is 0 Å². The molecule has 0 aliphatic carbocycles.